The summed E-state index contributed by atoms with van der Waals surface area (Å²) in [5.41, 5.74) is 6.49. The maximum atomic E-state index is 11.0. The first kappa shape index (κ1) is 11.9. The largest absolute Gasteiger partial charge is 0.478 e. The number of nitrogen functional groups attached to an aromatic ring is 1. The third-order valence-electron chi connectivity index (χ3n) is 2.25. The molecule has 7 nitrogen and oxygen atoms in total. The lowest BCUT2D eigenvalue weighted by Gasteiger charge is -2.07. The maximum Gasteiger partial charge on any atom is 0.339 e. The fraction of sp³-hybridized carbons (Fsp3) is 0.182. The summed E-state index contributed by atoms with van der Waals surface area (Å²) in [7, 11) is 0. The summed E-state index contributed by atoms with van der Waals surface area (Å²) in [5.74, 6) is -0.151. The first-order valence-electron chi connectivity index (χ1n) is 5.21. The Kier molecular flexibility index (Phi) is 3.13. The number of hydrogen-bond donors (Lipinski definition) is 3. The molecule has 7 heteroatoms. The van der Waals surface area contributed by atoms with E-state index in [0.717, 1.165) is 0 Å². The summed E-state index contributed by atoms with van der Waals surface area (Å²) in [6.07, 6.45) is 1.39. The fourth-order valence-electron chi connectivity index (χ4n) is 1.46. The van der Waals surface area contributed by atoms with Crippen LogP contribution in [0.2, 0.25) is 0 Å². The number of nitrogens with zero attached hydrogens (tertiary/aromatic N) is 2. The Hall–Kier alpha value is -2.57. The van der Waals surface area contributed by atoms with Gasteiger partial charge in [0.1, 0.15) is 22.8 Å². The van der Waals surface area contributed by atoms with Crippen molar-refractivity contribution in [2.24, 2.45) is 0 Å². The van der Waals surface area contributed by atoms with Gasteiger partial charge in [-0.15, -0.1) is 0 Å². The lowest BCUT2D eigenvalue weighted by Crippen LogP contribution is -2.09. The average molecular weight is 248 g/mol. The lowest BCUT2D eigenvalue weighted by atomic mass is 10.2. The van der Waals surface area contributed by atoms with Gasteiger partial charge in [-0.3, -0.25) is 0 Å². The zero-order valence-electron chi connectivity index (χ0n) is 9.67. The van der Waals surface area contributed by atoms with Crippen molar-refractivity contribution in [3.63, 3.8) is 0 Å². The van der Waals surface area contributed by atoms with Gasteiger partial charge in [0, 0.05) is 6.07 Å². The number of aromatic carboxylic acids is 1. The number of rotatable bonds is 4. The zero-order chi connectivity index (χ0) is 13.1. The molecule has 0 unspecified atom stereocenters. The average Bonchev–Trinajstić information content (AvgIpc) is 2.73. The molecule has 0 aromatic carbocycles. The Morgan fingerprint density at radius 2 is 2.33 bits per heavy atom. The first-order valence-corrected chi connectivity index (χ1v) is 5.21. The molecule has 0 bridgehead atoms. The van der Waals surface area contributed by atoms with Crippen molar-refractivity contribution in [1.82, 2.24) is 10.1 Å². The van der Waals surface area contributed by atoms with Gasteiger partial charge in [0.15, 0.2) is 0 Å². The summed E-state index contributed by atoms with van der Waals surface area (Å²) >= 11 is 0. The summed E-state index contributed by atoms with van der Waals surface area (Å²) in [6.45, 7) is 2.11. The molecule has 0 fully saturated rings. The molecule has 0 aliphatic carbocycles. The van der Waals surface area contributed by atoms with Crippen LogP contribution < -0.4 is 11.1 Å². The molecule has 0 saturated carbocycles. The fourth-order valence-corrected chi connectivity index (χ4v) is 1.46. The van der Waals surface area contributed by atoms with Crippen molar-refractivity contribution in [3.05, 3.63) is 35.3 Å². The smallest absolute Gasteiger partial charge is 0.339 e. The molecule has 0 saturated heterocycles. The van der Waals surface area contributed by atoms with Gasteiger partial charge in [0.2, 0.25) is 0 Å². The Labute approximate surface area is 103 Å². The Morgan fingerprint density at radius 3 is 2.94 bits per heavy atom. The lowest BCUT2D eigenvalue weighted by molar-refractivity contribution is 0.0697. The van der Waals surface area contributed by atoms with E-state index in [1.807, 2.05) is 0 Å². The van der Waals surface area contributed by atoms with Crippen molar-refractivity contribution in [2.45, 2.75) is 13.5 Å². The monoisotopic (exact) mass is 248 g/mol. The number of nitrogens with two attached hydrogens (primary N) is 1. The highest BCUT2D eigenvalue weighted by molar-refractivity contribution is 5.94. The van der Waals surface area contributed by atoms with Crippen LogP contribution in [0, 0.1) is 6.92 Å². The second-order valence-electron chi connectivity index (χ2n) is 3.75. The quantitative estimate of drug-likeness (QED) is 0.746. The van der Waals surface area contributed by atoms with Crippen molar-refractivity contribution >= 4 is 17.5 Å². The minimum atomic E-state index is -1.09. The molecule has 4 N–H and O–H groups in total. The van der Waals surface area contributed by atoms with E-state index < -0.39 is 5.97 Å². The Bertz CT molecular complexity index is 579. The van der Waals surface area contributed by atoms with Crippen LogP contribution in [0.4, 0.5) is 11.5 Å². The second kappa shape index (κ2) is 4.74. The van der Waals surface area contributed by atoms with Crippen molar-refractivity contribution in [2.75, 3.05) is 11.1 Å². The van der Waals surface area contributed by atoms with Gasteiger partial charge in [0.25, 0.3) is 0 Å². The highest BCUT2D eigenvalue weighted by atomic mass is 16.5. The molecule has 2 rings (SSSR count). The van der Waals surface area contributed by atoms with E-state index >= 15 is 0 Å². The molecule has 0 spiro atoms. The number of aromatic nitrogens is 2. The second-order valence-corrected chi connectivity index (χ2v) is 3.75. The number of hydrogen-bond acceptors (Lipinski definition) is 6. The Morgan fingerprint density at radius 1 is 1.56 bits per heavy atom. The van der Waals surface area contributed by atoms with E-state index in [-0.39, 0.29) is 11.4 Å². The van der Waals surface area contributed by atoms with Crippen LogP contribution in [0.25, 0.3) is 0 Å². The van der Waals surface area contributed by atoms with E-state index in [1.54, 1.807) is 13.0 Å². The molecule has 2 aromatic heterocycles. The van der Waals surface area contributed by atoms with Gasteiger partial charge >= 0.3 is 5.97 Å². The molecule has 0 atom stereocenters. The number of carbonyl (C=O) groups is 1. The SMILES string of the molecule is Cc1cc(CNc2ncc(N)cc2C(=O)O)no1. The molecular weight excluding hydrogens is 236 g/mol. The normalized spacial score (nSPS) is 10.3. The summed E-state index contributed by atoms with van der Waals surface area (Å²) in [6, 6.07) is 3.11. The summed E-state index contributed by atoms with van der Waals surface area (Å²) in [5, 5.41) is 15.7. The van der Waals surface area contributed by atoms with Gasteiger partial charge in [0.05, 0.1) is 18.4 Å². The molecule has 2 aromatic rings. The summed E-state index contributed by atoms with van der Waals surface area (Å²) < 4.78 is 4.90. The standard InChI is InChI=1S/C11H12N4O3/c1-6-2-8(15-18-6)5-14-10-9(11(16)17)3-7(12)4-13-10/h2-4H,5,12H2,1H3,(H,13,14)(H,16,17). The number of anilines is 2. The van der Waals surface area contributed by atoms with Crippen LogP contribution in [0.5, 0.6) is 0 Å². The van der Waals surface area contributed by atoms with E-state index in [9.17, 15) is 4.79 Å². The van der Waals surface area contributed by atoms with E-state index in [4.69, 9.17) is 15.4 Å². The van der Waals surface area contributed by atoms with Crippen molar-refractivity contribution in [1.29, 1.82) is 0 Å². The summed E-state index contributed by atoms with van der Waals surface area (Å²) in [4.78, 5) is 15.0. The molecule has 0 amide bonds. The third-order valence-corrected chi connectivity index (χ3v) is 2.25. The Balaban J connectivity index is 2.16. The van der Waals surface area contributed by atoms with Crippen LogP contribution in [0.3, 0.4) is 0 Å². The minimum absolute atomic E-state index is 0.0233. The molecular formula is C11H12N4O3. The predicted octanol–water partition coefficient (Wildman–Crippen LogP) is 1.27. The molecule has 2 heterocycles. The molecule has 94 valence electrons. The molecule has 0 radical (unpaired) electrons. The number of nitrogens with one attached hydrogen (secondary N) is 1. The highest BCUT2D eigenvalue weighted by Crippen LogP contribution is 2.16. The number of aryl methyl sites for hydroxylation is 1. The van der Waals surface area contributed by atoms with Crippen LogP contribution in [0.1, 0.15) is 21.8 Å². The van der Waals surface area contributed by atoms with E-state index in [1.165, 1.54) is 12.3 Å². The zero-order valence-corrected chi connectivity index (χ0v) is 9.67. The van der Waals surface area contributed by atoms with Gasteiger partial charge in [-0.1, -0.05) is 5.16 Å². The van der Waals surface area contributed by atoms with Crippen molar-refractivity contribution < 1.29 is 14.4 Å². The number of pyridine rings is 1. The topological polar surface area (TPSA) is 114 Å². The van der Waals surface area contributed by atoms with Crippen molar-refractivity contribution in [3.8, 4) is 0 Å². The van der Waals surface area contributed by atoms with Crippen LogP contribution in [0.15, 0.2) is 22.9 Å². The van der Waals surface area contributed by atoms with Gasteiger partial charge in [-0.2, -0.15) is 0 Å². The van der Waals surface area contributed by atoms with Crippen LogP contribution in [-0.2, 0) is 6.54 Å². The van der Waals surface area contributed by atoms with Crippen LogP contribution >= 0.6 is 0 Å². The van der Waals surface area contributed by atoms with Crippen LogP contribution in [-0.4, -0.2) is 21.2 Å². The van der Waals surface area contributed by atoms with E-state index in [0.29, 0.717) is 23.7 Å². The minimum Gasteiger partial charge on any atom is -0.478 e. The molecule has 0 aliphatic rings. The van der Waals surface area contributed by atoms with Gasteiger partial charge in [-0.25, -0.2) is 9.78 Å². The molecule has 18 heavy (non-hydrogen) atoms. The van der Waals surface area contributed by atoms with E-state index in [2.05, 4.69) is 15.5 Å². The third kappa shape index (κ3) is 2.57. The first-order chi connectivity index (χ1) is 8.56. The number of carboxylic acids is 1. The van der Waals surface area contributed by atoms with Gasteiger partial charge < -0.3 is 20.7 Å². The van der Waals surface area contributed by atoms with Gasteiger partial charge in [-0.05, 0) is 13.0 Å². The number of carboxylic acid groups (broad SMARTS) is 1. The highest BCUT2D eigenvalue weighted by Gasteiger charge is 2.12. The predicted molar refractivity (Wildman–Crippen MR) is 64.2 cm³/mol. The maximum absolute atomic E-state index is 11.0. The molecule has 0 aliphatic heterocycles.